The fourth-order valence-corrected chi connectivity index (χ4v) is 4.30. The molecule has 1 atom stereocenters. The smallest absolute Gasteiger partial charge is 0.274 e. The first kappa shape index (κ1) is 19.8. The molecule has 5 rings (SSSR count). The average molecular weight is 421 g/mol. The van der Waals surface area contributed by atoms with Gasteiger partial charge in [0, 0.05) is 49.3 Å². The number of aliphatic hydroxyl groups excluding tert-OH is 1. The molecule has 1 aromatic carbocycles. The number of piperidine rings is 1. The van der Waals surface area contributed by atoms with E-state index in [9.17, 15) is 9.90 Å². The van der Waals surface area contributed by atoms with Gasteiger partial charge in [0.2, 0.25) is 0 Å². The van der Waals surface area contributed by atoms with Crippen LogP contribution in [0.1, 0.15) is 41.7 Å². The molecule has 1 saturated carbocycles. The van der Waals surface area contributed by atoms with E-state index in [1.165, 1.54) is 12.8 Å². The Morgan fingerprint density at radius 3 is 2.87 bits per heavy atom. The van der Waals surface area contributed by atoms with Crippen LogP contribution in [-0.4, -0.2) is 70.7 Å². The molecule has 1 aliphatic carbocycles. The van der Waals surface area contributed by atoms with E-state index < -0.39 is 0 Å². The molecule has 162 valence electrons. The van der Waals surface area contributed by atoms with Gasteiger partial charge in [-0.05, 0) is 49.9 Å². The van der Waals surface area contributed by atoms with E-state index in [0.717, 1.165) is 48.8 Å². The molecule has 2 fully saturated rings. The zero-order valence-corrected chi connectivity index (χ0v) is 17.7. The minimum atomic E-state index is -0.324. The maximum absolute atomic E-state index is 12.9. The Morgan fingerprint density at radius 2 is 2.06 bits per heavy atom. The van der Waals surface area contributed by atoms with Crippen LogP contribution >= 0.6 is 0 Å². The summed E-state index contributed by atoms with van der Waals surface area (Å²) in [5.41, 5.74) is 2.99. The van der Waals surface area contributed by atoms with Gasteiger partial charge in [0.05, 0.1) is 6.10 Å². The van der Waals surface area contributed by atoms with Crippen LogP contribution in [0, 0.1) is 0 Å². The number of nitrogens with one attached hydrogen (secondary N) is 1. The molecule has 1 unspecified atom stereocenters. The summed E-state index contributed by atoms with van der Waals surface area (Å²) in [4.78, 5) is 21.6. The van der Waals surface area contributed by atoms with Crippen LogP contribution in [-0.2, 0) is 0 Å². The summed E-state index contributed by atoms with van der Waals surface area (Å²) in [5.74, 6) is 0.714. The first-order valence-electron chi connectivity index (χ1n) is 10.9. The van der Waals surface area contributed by atoms with Crippen molar-refractivity contribution in [1.82, 2.24) is 14.9 Å². The quantitative estimate of drug-likeness (QED) is 0.772. The van der Waals surface area contributed by atoms with Crippen LogP contribution in [0.2, 0.25) is 0 Å². The van der Waals surface area contributed by atoms with E-state index in [1.54, 1.807) is 12.3 Å². The maximum atomic E-state index is 12.9. The van der Waals surface area contributed by atoms with Gasteiger partial charge in [0.1, 0.15) is 12.4 Å². The first-order valence-corrected chi connectivity index (χ1v) is 10.9. The minimum Gasteiger partial charge on any atom is -0.391 e. The van der Waals surface area contributed by atoms with Crippen molar-refractivity contribution in [2.45, 2.75) is 37.8 Å². The Morgan fingerprint density at radius 1 is 1.19 bits per heavy atom. The molecule has 0 bridgehead atoms. The number of rotatable bonds is 5. The highest BCUT2D eigenvalue weighted by molar-refractivity contribution is 6.05. The topological polar surface area (TPSA) is 84.3 Å². The number of hydrogen-bond donors (Lipinski definition) is 2. The maximum Gasteiger partial charge on any atom is 0.274 e. The molecule has 0 radical (unpaired) electrons. The number of anilines is 2. The number of hydrogen-bond acceptors (Lipinski definition) is 7. The van der Waals surface area contributed by atoms with E-state index in [2.05, 4.69) is 25.2 Å². The number of aromatic nitrogens is 1. The average Bonchev–Trinajstić information content (AvgIpc) is 3.55. The molecule has 8 heteroatoms. The highest BCUT2D eigenvalue weighted by atomic mass is 16.3. The molecule has 1 aromatic heterocycles. The predicted octanol–water partition coefficient (Wildman–Crippen LogP) is 2.32. The summed E-state index contributed by atoms with van der Waals surface area (Å²) in [7, 11) is 1.98. The van der Waals surface area contributed by atoms with E-state index in [0.29, 0.717) is 18.3 Å². The molecular weight excluding hydrogens is 392 g/mol. The lowest BCUT2D eigenvalue weighted by molar-refractivity contribution is 0.102. The molecule has 8 nitrogen and oxygen atoms in total. The van der Waals surface area contributed by atoms with Gasteiger partial charge in [-0.15, -0.1) is 0 Å². The number of aliphatic hydroxyl groups is 1. The highest BCUT2D eigenvalue weighted by Gasteiger charge is 2.35. The van der Waals surface area contributed by atoms with Crippen molar-refractivity contribution in [3.05, 3.63) is 53.9 Å². The second kappa shape index (κ2) is 8.19. The summed E-state index contributed by atoms with van der Waals surface area (Å²) < 4.78 is 0. The van der Waals surface area contributed by atoms with Crippen molar-refractivity contribution < 1.29 is 9.90 Å². The molecule has 2 aromatic rings. The van der Waals surface area contributed by atoms with Gasteiger partial charge in [-0.2, -0.15) is 5.10 Å². The summed E-state index contributed by atoms with van der Waals surface area (Å²) in [6.07, 6.45) is 5.51. The molecular formula is C23H28N6O2. The van der Waals surface area contributed by atoms with Crippen LogP contribution in [0.4, 0.5) is 11.4 Å². The molecule has 31 heavy (non-hydrogen) atoms. The van der Waals surface area contributed by atoms with Crippen molar-refractivity contribution in [3.63, 3.8) is 0 Å². The molecule has 3 aliphatic rings. The van der Waals surface area contributed by atoms with Gasteiger partial charge in [0.15, 0.2) is 5.84 Å². The molecule has 1 amide bonds. The number of amides is 1. The van der Waals surface area contributed by atoms with Crippen LogP contribution in [0.3, 0.4) is 0 Å². The second-order valence-corrected chi connectivity index (χ2v) is 8.60. The summed E-state index contributed by atoms with van der Waals surface area (Å²) in [6, 6.07) is 12.1. The summed E-state index contributed by atoms with van der Waals surface area (Å²) >= 11 is 0. The van der Waals surface area contributed by atoms with E-state index in [-0.39, 0.29) is 12.0 Å². The lowest BCUT2D eigenvalue weighted by Gasteiger charge is -2.32. The van der Waals surface area contributed by atoms with Crippen LogP contribution < -0.4 is 10.2 Å². The Bertz CT molecular complexity index is 1010. The van der Waals surface area contributed by atoms with Crippen molar-refractivity contribution >= 4 is 23.1 Å². The fourth-order valence-electron chi connectivity index (χ4n) is 4.30. The van der Waals surface area contributed by atoms with E-state index in [1.807, 2.05) is 42.4 Å². The van der Waals surface area contributed by atoms with E-state index in [4.69, 9.17) is 0 Å². The number of carbonyl (C=O) groups excluding carboxylic acids is 1. The van der Waals surface area contributed by atoms with Crippen molar-refractivity contribution in [1.29, 1.82) is 0 Å². The lowest BCUT2D eigenvalue weighted by atomic mass is 10.1. The second-order valence-electron chi connectivity index (χ2n) is 8.60. The van der Waals surface area contributed by atoms with Crippen molar-refractivity contribution in [3.8, 4) is 0 Å². The zero-order chi connectivity index (χ0) is 21.4. The Kier molecular flexibility index (Phi) is 5.23. The van der Waals surface area contributed by atoms with Gasteiger partial charge in [-0.3, -0.25) is 14.8 Å². The van der Waals surface area contributed by atoms with Crippen LogP contribution in [0.15, 0.2) is 47.7 Å². The van der Waals surface area contributed by atoms with E-state index >= 15 is 0 Å². The number of amidine groups is 1. The third-order valence-electron chi connectivity index (χ3n) is 6.00. The standard InChI is InChI=1S/C23H28N6O2/c1-27-15-29(18-7-8-18)22(26-27)16-4-2-5-17(12-16)25-23(31)21-13-19(9-10-24-21)28-11-3-6-20(30)14-28/h2,4-5,9-10,12-13,18,20,30H,3,6-8,11,14-15H2,1H3,(H,25,31). The van der Waals surface area contributed by atoms with Gasteiger partial charge >= 0.3 is 0 Å². The van der Waals surface area contributed by atoms with Gasteiger partial charge in [-0.1, -0.05) is 12.1 Å². The Labute approximate surface area is 182 Å². The summed E-state index contributed by atoms with van der Waals surface area (Å²) in [5, 5.41) is 19.6. The normalized spacial score (nSPS) is 21.3. The van der Waals surface area contributed by atoms with Crippen LogP contribution in [0.25, 0.3) is 0 Å². The summed E-state index contributed by atoms with van der Waals surface area (Å²) in [6.45, 7) is 2.26. The zero-order valence-electron chi connectivity index (χ0n) is 17.7. The molecule has 2 N–H and O–H groups in total. The van der Waals surface area contributed by atoms with Gasteiger partial charge in [-0.25, -0.2) is 0 Å². The fraction of sp³-hybridized carbons (Fsp3) is 0.435. The monoisotopic (exact) mass is 420 g/mol. The number of nitrogens with zero attached hydrogens (tertiary/aromatic N) is 5. The molecule has 3 heterocycles. The SMILES string of the molecule is CN1CN(C2CC2)C(c2cccc(NC(=O)c3cc(N4CCCC(O)C4)ccn3)c2)=N1. The third kappa shape index (κ3) is 4.34. The Hall–Kier alpha value is -3.13. The number of benzene rings is 1. The lowest BCUT2D eigenvalue weighted by Crippen LogP contribution is -2.38. The molecule has 1 saturated heterocycles. The van der Waals surface area contributed by atoms with Crippen molar-refractivity contribution in [2.75, 3.05) is 37.0 Å². The predicted molar refractivity (Wildman–Crippen MR) is 120 cm³/mol. The highest BCUT2D eigenvalue weighted by Crippen LogP contribution is 2.31. The number of β-amino-alcohol motifs (C(OH)–C–C–N with tert-alkyl or cyclic N) is 1. The van der Waals surface area contributed by atoms with Crippen molar-refractivity contribution in [2.24, 2.45) is 5.10 Å². The van der Waals surface area contributed by atoms with Crippen LogP contribution in [0.5, 0.6) is 0 Å². The van der Waals surface area contributed by atoms with Gasteiger partial charge in [0.25, 0.3) is 5.91 Å². The Balaban J connectivity index is 1.31. The van der Waals surface area contributed by atoms with Gasteiger partial charge < -0.3 is 20.2 Å². The number of hydrazone groups is 1. The number of carbonyl (C=O) groups is 1. The molecule has 2 aliphatic heterocycles. The largest absolute Gasteiger partial charge is 0.391 e. The third-order valence-corrected chi connectivity index (χ3v) is 6.00. The number of pyridine rings is 1. The molecule has 0 spiro atoms. The first-order chi connectivity index (χ1) is 15.1. The minimum absolute atomic E-state index is 0.249.